The summed E-state index contributed by atoms with van der Waals surface area (Å²) >= 11 is 1.36. The second-order valence-corrected chi connectivity index (χ2v) is 5.36. The second-order valence-electron chi connectivity index (χ2n) is 4.35. The van der Waals surface area contributed by atoms with Crippen LogP contribution in [0, 0.1) is 11.3 Å². The SMILES string of the molecule is N#Cc1ccc(CSc2ccc(C(F)(F)F)cc2N)cc1. The van der Waals surface area contributed by atoms with E-state index in [4.69, 9.17) is 11.0 Å². The van der Waals surface area contributed by atoms with E-state index < -0.39 is 11.7 Å². The van der Waals surface area contributed by atoms with Crippen molar-refractivity contribution in [2.45, 2.75) is 16.8 Å². The molecule has 0 fully saturated rings. The van der Waals surface area contributed by atoms with Gasteiger partial charge in [-0.15, -0.1) is 11.8 Å². The average Bonchev–Trinajstić information content (AvgIpc) is 2.45. The van der Waals surface area contributed by atoms with Crippen LogP contribution in [0.3, 0.4) is 0 Å². The van der Waals surface area contributed by atoms with Crippen LogP contribution < -0.4 is 5.73 Å². The highest BCUT2D eigenvalue weighted by Gasteiger charge is 2.30. The van der Waals surface area contributed by atoms with E-state index in [1.807, 2.05) is 18.2 Å². The van der Waals surface area contributed by atoms with Gasteiger partial charge in [0, 0.05) is 16.3 Å². The van der Waals surface area contributed by atoms with Gasteiger partial charge in [0.15, 0.2) is 0 Å². The maximum atomic E-state index is 12.5. The Morgan fingerprint density at radius 2 is 1.76 bits per heavy atom. The minimum absolute atomic E-state index is 0.114. The third-order valence-electron chi connectivity index (χ3n) is 2.81. The Morgan fingerprint density at radius 1 is 1.10 bits per heavy atom. The van der Waals surface area contributed by atoms with Crippen molar-refractivity contribution in [3.05, 3.63) is 59.2 Å². The maximum absolute atomic E-state index is 12.5. The van der Waals surface area contributed by atoms with Gasteiger partial charge < -0.3 is 5.73 Å². The lowest BCUT2D eigenvalue weighted by Gasteiger charge is -2.10. The third-order valence-corrected chi connectivity index (χ3v) is 3.97. The van der Waals surface area contributed by atoms with Crippen molar-refractivity contribution in [2.75, 3.05) is 5.73 Å². The first-order valence-corrected chi connectivity index (χ1v) is 6.97. The summed E-state index contributed by atoms with van der Waals surface area (Å²) in [6, 6.07) is 12.4. The van der Waals surface area contributed by atoms with Gasteiger partial charge in [-0.05, 0) is 35.9 Å². The molecule has 0 heterocycles. The monoisotopic (exact) mass is 308 g/mol. The number of thioether (sulfide) groups is 1. The smallest absolute Gasteiger partial charge is 0.398 e. The van der Waals surface area contributed by atoms with E-state index in [0.29, 0.717) is 16.2 Å². The molecule has 0 saturated heterocycles. The molecule has 0 spiro atoms. The number of nitriles is 1. The summed E-state index contributed by atoms with van der Waals surface area (Å²) < 4.78 is 37.6. The molecule has 108 valence electrons. The average molecular weight is 308 g/mol. The Balaban J connectivity index is 2.08. The van der Waals surface area contributed by atoms with Crippen molar-refractivity contribution >= 4 is 17.4 Å². The molecule has 0 aliphatic carbocycles. The molecule has 2 aromatic rings. The van der Waals surface area contributed by atoms with E-state index in [1.165, 1.54) is 17.8 Å². The Labute approximate surface area is 124 Å². The van der Waals surface area contributed by atoms with Gasteiger partial charge in [0.05, 0.1) is 17.2 Å². The molecule has 2 aromatic carbocycles. The van der Waals surface area contributed by atoms with Crippen LogP contribution in [0.5, 0.6) is 0 Å². The van der Waals surface area contributed by atoms with Crippen molar-refractivity contribution in [2.24, 2.45) is 0 Å². The molecule has 0 aliphatic rings. The summed E-state index contributed by atoms with van der Waals surface area (Å²) in [7, 11) is 0. The zero-order valence-electron chi connectivity index (χ0n) is 10.8. The quantitative estimate of drug-likeness (QED) is 0.673. The van der Waals surface area contributed by atoms with Crippen molar-refractivity contribution < 1.29 is 13.2 Å². The molecule has 21 heavy (non-hydrogen) atoms. The molecule has 0 aliphatic heterocycles. The predicted molar refractivity (Wildman–Crippen MR) is 76.6 cm³/mol. The maximum Gasteiger partial charge on any atom is 0.416 e. The first-order chi connectivity index (χ1) is 9.90. The van der Waals surface area contributed by atoms with Crippen molar-refractivity contribution in [1.29, 1.82) is 5.26 Å². The molecular weight excluding hydrogens is 297 g/mol. The molecule has 0 amide bonds. The normalized spacial score (nSPS) is 11.1. The first-order valence-electron chi connectivity index (χ1n) is 5.98. The largest absolute Gasteiger partial charge is 0.416 e. The number of nitrogen functional groups attached to an aromatic ring is 1. The van der Waals surface area contributed by atoms with Gasteiger partial charge in [0.1, 0.15) is 0 Å². The summed E-state index contributed by atoms with van der Waals surface area (Å²) in [5, 5.41) is 8.70. The van der Waals surface area contributed by atoms with Gasteiger partial charge >= 0.3 is 6.18 Å². The molecule has 0 radical (unpaired) electrons. The number of nitrogens with two attached hydrogens (primary N) is 1. The molecule has 6 heteroatoms. The van der Waals surface area contributed by atoms with Crippen LogP contribution in [-0.4, -0.2) is 0 Å². The van der Waals surface area contributed by atoms with Crippen LogP contribution >= 0.6 is 11.8 Å². The molecule has 0 aromatic heterocycles. The Bertz CT molecular complexity index is 673. The van der Waals surface area contributed by atoms with Crippen LogP contribution in [0.2, 0.25) is 0 Å². The number of halogens is 3. The highest BCUT2D eigenvalue weighted by Crippen LogP contribution is 2.35. The second kappa shape index (κ2) is 6.10. The standard InChI is InChI=1S/C15H11F3N2S/c16-15(17,18)12-5-6-14(13(20)7-12)21-9-11-3-1-10(8-19)2-4-11/h1-7H,9,20H2. The van der Waals surface area contributed by atoms with E-state index in [9.17, 15) is 13.2 Å². The summed E-state index contributed by atoms with van der Waals surface area (Å²) in [5.41, 5.74) is 6.57. The number of hydrogen-bond donors (Lipinski definition) is 1. The van der Waals surface area contributed by atoms with Crippen molar-refractivity contribution in [3.63, 3.8) is 0 Å². The minimum atomic E-state index is -4.38. The molecule has 2 rings (SSSR count). The Hall–Kier alpha value is -2.13. The molecule has 0 unspecified atom stereocenters. The topological polar surface area (TPSA) is 49.8 Å². The fourth-order valence-electron chi connectivity index (χ4n) is 1.69. The summed E-state index contributed by atoms with van der Waals surface area (Å²) in [6.45, 7) is 0. The highest BCUT2D eigenvalue weighted by atomic mass is 32.2. The zero-order valence-corrected chi connectivity index (χ0v) is 11.6. The number of rotatable bonds is 3. The molecule has 0 saturated carbocycles. The van der Waals surface area contributed by atoms with Crippen LogP contribution in [0.25, 0.3) is 0 Å². The lowest BCUT2D eigenvalue weighted by atomic mass is 10.2. The van der Waals surface area contributed by atoms with Gasteiger partial charge in [0.25, 0.3) is 0 Å². The summed E-state index contributed by atoms with van der Waals surface area (Å²) in [5.74, 6) is 0.571. The number of benzene rings is 2. The van der Waals surface area contributed by atoms with Gasteiger partial charge in [-0.25, -0.2) is 0 Å². The van der Waals surface area contributed by atoms with Crippen LogP contribution in [-0.2, 0) is 11.9 Å². The van der Waals surface area contributed by atoms with E-state index in [1.54, 1.807) is 12.1 Å². The fourth-order valence-corrected chi connectivity index (χ4v) is 2.60. The minimum Gasteiger partial charge on any atom is -0.398 e. The third kappa shape index (κ3) is 3.92. The van der Waals surface area contributed by atoms with Crippen LogP contribution in [0.4, 0.5) is 18.9 Å². The van der Waals surface area contributed by atoms with E-state index in [0.717, 1.165) is 17.7 Å². The predicted octanol–water partition coefficient (Wildman–Crippen LogP) is 4.45. The van der Waals surface area contributed by atoms with E-state index in [-0.39, 0.29) is 5.69 Å². The van der Waals surface area contributed by atoms with Crippen molar-refractivity contribution in [3.8, 4) is 6.07 Å². The lowest BCUT2D eigenvalue weighted by molar-refractivity contribution is -0.137. The number of alkyl halides is 3. The first kappa shape index (κ1) is 15.3. The van der Waals surface area contributed by atoms with Gasteiger partial charge in [-0.3, -0.25) is 0 Å². The Morgan fingerprint density at radius 3 is 2.29 bits per heavy atom. The molecule has 0 atom stereocenters. The summed E-state index contributed by atoms with van der Waals surface area (Å²) in [6.07, 6.45) is -4.38. The zero-order chi connectivity index (χ0) is 15.5. The van der Waals surface area contributed by atoms with Crippen LogP contribution in [0.1, 0.15) is 16.7 Å². The molecule has 2 N–H and O–H groups in total. The number of hydrogen-bond acceptors (Lipinski definition) is 3. The summed E-state index contributed by atoms with van der Waals surface area (Å²) in [4.78, 5) is 0.604. The van der Waals surface area contributed by atoms with E-state index >= 15 is 0 Å². The lowest BCUT2D eigenvalue weighted by Crippen LogP contribution is -2.05. The molecular formula is C15H11F3N2S. The fraction of sp³-hybridized carbons (Fsp3) is 0.133. The highest BCUT2D eigenvalue weighted by molar-refractivity contribution is 7.98. The van der Waals surface area contributed by atoms with Gasteiger partial charge in [-0.2, -0.15) is 18.4 Å². The number of nitrogens with zero attached hydrogens (tertiary/aromatic N) is 1. The van der Waals surface area contributed by atoms with Gasteiger partial charge in [-0.1, -0.05) is 12.1 Å². The van der Waals surface area contributed by atoms with Crippen molar-refractivity contribution in [1.82, 2.24) is 0 Å². The van der Waals surface area contributed by atoms with Gasteiger partial charge in [0.2, 0.25) is 0 Å². The number of anilines is 1. The molecule has 0 bridgehead atoms. The Kier molecular flexibility index (Phi) is 4.43. The molecule has 2 nitrogen and oxygen atoms in total. The van der Waals surface area contributed by atoms with E-state index in [2.05, 4.69) is 0 Å². The van der Waals surface area contributed by atoms with Crippen LogP contribution in [0.15, 0.2) is 47.4 Å².